The summed E-state index contributed by atoms with van der Waals surface area (Å²) in [5.41, 5.74) is 0.263. The summed E-state index contributed by atoms with van der Waals surface area (Å²) in [5, 5.41) is 9.30. The molecule has 0 bridgehead atoms. The summed E-state index contributed by atoms with van der Waals surface area (Å²) in [5.74, 6) is 0.885. The lowest BCUT2D eigenvalue weighted by atomic mass is 9.91. The fourth-order valence-electron chi connectivity index (χ4n) is 2.63. The quantitative estimate of drug-likeness (QED) is 0.774. The Balaban J connectivity index is 1.65. The Kier molecular flexibility index (Phi) is 5.22. The van der Waals surface area contributed by atoms with Gasteiger partial charge in [0.05, 0.1) is 0 Å². The third-order valence-electron chi connectivity index (χ3n) is 3.88. The fraction of sp³-hybridized carbons (Fsp3) is 0.733. The second kappa shape index (κ2) is 6.69. The number of hydrogen-bond donors (Lipinski definition) is 2. The van der Waals surface area contributed by atoms with Crippen molar-refractivity contribution in [1.82, 2.24) is 10.6 Å². The highest BCUT2D eigenvalue weighted by Crippen LogP contribution is 2.26. The minimum atomic E-state index is 0.263. The number of nitrogens with one attached hydrogen (secondary N) is 2. The standard InChI is InChI=1S/C15H26N2S/c1-15(2,14-6-4-10-18-14)12-17-9-7-13-5-3-8-16-11-13/h4,6,10,13,16-17H,3,5,7-9,11-12H2,1-2H3. The maximum Gasteiger partial charge on any atom is 0.0115 e. The minimum absolute atomic E-state index is 0.263. The second-order valence-electron chi connectivity index (χ2n) is 6.04. The van der Waals surface area contributed by atoms with Gasteiger partial charge in [-0.1, -0.05) is 19.9 Å². The summed E-state index contributed by atoms with van der Waals surface area (Å²) in [6.45, 7) is 9.32. The molecule has 102 valence electrons. The van der Waals surface area contributed by atoms with E-state index in [4.69, 9.17) is 0 Å². The second-order valence-corrected chi connectivity index (χ2v) is 6.99. The van der Waals surface area contributed by atoms with Crippen LogP contribution in [0.4, 0.5) is 0 Å². The van der Waals surface area contributed by atoms with Crippen molar-refractivity contribution in [3.63, 3.8) is 0 Å². The van der Waals surface area contributed by atoms with Crippen molar-refractivity contribution in [2.75, 3.05) is 26.2 Å². The third-order valence-corrected chi connectivity index (χ3v) is 5.12. The molecule has 1 aliphatic rings. The van der Waals surface area contributed by atoms with Gasteiger partial charge in [0.25, 0.3) is 0 Å². The Morgan fingerprint density at radius 2 is 2.39 bits per heavy atom. The van der Waals surface area contributed by atoms with Crippen LogP contribution in [0.2, 0.25) is 0 Å². The largest absolute Gasteiger partial charge is 0.316 e. The molecule has 0 amide bonds. The van der Waals surface area contributed by atoms with Crippen LogP contribution in [0, 0.1) is 5.92 Å². The molecule has 1 aromatic rings. The van der Waals surface area contributed by atoms with E-state index < -0.39 is 0 Å². The van der Waals surface area contributed by atoms with Crippen molar-refractivity contribution >= 4 is 11.3 Å². The van der Waals surface area contributed by atoms with Crippen LogP contribution in [0.3, 0.4) is 0 Å². The topological polar surface area (TPSA) is 24.1 Å². The van der Waals surface area contributed by atoms with E-state index in [1.165, 1.54) is 37.2 Å². The van der Waals surface area contributed by atoms with Crippen LogP contribution in [0.5, 0.6) is 0 Å². The Hall–Kier alpha value is -0.380. The molecular formula is C15H26N2S. The van der Waals surface area contributed by atoms with Crippen LogP contribution in [-0.4, -0.2) is 26.2 Å². The highest BCUT2D eigenvalue weighted by molar-refractivity contribution is 7.10. The summed E-state index contributed by atoms with van der Waals surface area (Å²) in [4.78, 5) is 1.48. The molecule has 0 radical (unpaired) electrons. The van der Waals surface area contributed by atoms with Crippen LogP contribution in [0.15, 0.2) is 17.5 Å². The summed E-state index contributed by atoms with van der Waals surface area (Å²) < 4.78 is 0. The van der Waals surface area contributed by atoms with Crippen LogP contribution in [0.1, 0.15) is 38.0 Å². The lowest BCUT2D eigenvalue weighted by Gasteiger charge is -2.26. The highest BCUT2D eigenvalue weighted by atomic mass is 32.1. The van der Waals surface area contributed by atoms with Gasteiger partial charge in [-0.3, -0.25) is 0 Å². The van der Waals surface area contributed by atoms with Crippen molar-refractivity contribution in [1.29, 1.82) is 0 Å². The molecule has 1 aliphatic heterocycles. The van der Waals surface area contributed by atoms with E-state index in [0.29, 0.717) is 0 Å². The molecule has 1 atom stereocenters. The fourth-order valence-corrected chi connectivity index (χ4v) is 3.48. The zero-order chi connectivity index (χ0) is 12.8. The summed E-state index contributed by atoms with van der Waals surface area (Å²) in [6.07, 6.45) is 4.07. The number of piperidine rings is 1. The van der Waals surface area contributed by atoms with E-state index in [0.717, 1.165) is 19.0 Å². The van der Waals surface area contributed by atoms with E-state index in [2.05, 4.69) is 42.0 Å². The number of rotatable bonds is 6. The predicted molar refractivity (Wildman–Crippen MR) is 80.4 cm³/mol. The summed E-state index contributed by atoms with van der Waals surface area (Å²) in [7, 11) is 0. The molecule has 0 saturated carbocycles. The number of thiophene rings is 1. The van der Waals surface area contributed by atoms with Gasteiger partial charge >= 0.3 is 0 Å². The first-order valence-electron chi connectivity index (χ1n) is 7.14. The molecule has 2 N–H and O–H groups in total. The van der Waals surface area contributed by atoms with Gasteiger partial charge in [0, 0.05) is 16.8 Å². The predicted octanol–water partition coefficient (Wildman–Crippen LogP) is 3.01. The molecule has 0 aliphatic carbocycles. The first-order chi connectivity index (χ1) is 8.68. The molecule has 1 unspecified atom stereocenters. The van der Waals surface area contributed by atoms with E-state index in [9.17, 15) is 0 Å². The van der Waals surface area contributed by atoms with Crippen molar-refractivity contribution in [2.45, 2.75) is 38.5 Å². The first kappa shape index (κ1) is 14.0. The van der Waals surface area contributed by atoms with Crippen LogP contribution in [-0.2, 0) is 5.41 Å². The highest BCUT2D eigenvalue weighted by Gasteiger charge is 2.21. The first-order valence-corrected chi connectivity index (χ1v) is 8.02. The molecule has 2 rings (SSSR count). The smallest absolute Gasteiger partial charge is 0.0115 e. The van der Waals surface area contributed by atoms with Gasteiger partial charge in [-0.05, 0) is 56.3 Å². The average Bonchev–Trinajstić information content (AvgIpc) is 2.91. The maximum absolute atomic E-state index is 3.64. The molecule has 2 nitrogen and oxygen atoms in total. The Morgan fingerprint density at radius 1 is 1.50 bits per heavy atom. The lowest BCUT2D eigenvalue weighted by Crippen LogP contribution is -2.35. The van der Waals surface area contributed by atoms with E-state index in [1.54, 1.807) is 0 Å². The van der Waals surface area contributed by atoms with Gasteiger partial charge in [0.2, 0.25) is 0 Å². The Bertz CT molecular complexity index is 326. The molecule has 0 spiro atoms. The van der Waals surface area contributed by atoms with E-state index in [-0.39, 0.29) is 5.41 Å². The molecule has 0 aromatic carbocycles. The van der Waals surface area contributed by atoms with Crippen LogP contribution in [0.25, 0.3) is 0 Å². The van der Waals surface area contributed by atoms with Gasteiger partial charge < -0.3 is 10.6 Å². The van der Waals surface area contributed by atoms with Gasteiger partial charge in [-0.15, -0.1) is 11.3 Å². The maximum atomic E-state index is 3.64. The Morgan fingerprint density at radius 3 is 3.06 bits per heavy atom. The normalized spacial score (nSPS) is 21.1. The minimum Gasteiger partial charge on any atom is -0.316 e. The van der Waals surface area contributed by atoms with Gasteiger partial charge in [0.15, 0.2) is 0 Å². The molecule has 1 fully saturated rings. The van der Waals surface area contributed by atoms with Gasteiger partial charge in [-0.25, -0.2) is 0 Å². The molecule has 2 heterocycles. The van der Waals surface area contributed by atoms with Crippen molar-refractivity contribution < 1.29 is 0 Å². The van der Waals surface area contributed by atoms with E-state index in [1.807, 2.05) is 11.3 Å². The van der Waals surface area contributed by atoms with Gasteiger partial charge in [0.1, 0.15) is 0 Å². The molecule has 1 saturated heterocycles. The van der Waals surface area contributed by atoms with Gasteiger partial charge in [-0.2, -0.15) is 0 Å². The molecule has 3 heteroatoms. The molecular weight excluding hydrogens is 240 g/mol. The SMILES string of the molecule is CC(C)(CNCCC1CCCNC1)c1cccs1. The lowest BCUT2D eigenvalue weighted by molar-refractivity contribution is 0.346. The monoisotopic (exact) mass is 266 g/mol. The van der Waals surface area contributed by atoms with Crippen molar-refractivity contribution in [3.05, 3.63) is 22.4 Å². The Labute approximate surface area is 115 Å². The van der Waals surface area contributed by atoms with Crippen molar-refractivity contribution in [2.24, 2.45) is 5.92 Å². The zero-order valence-corrected chi connectivity index (χ0v) is 12.5. The van der Waals surface area contributed by atoms with Crippen LogP contribution >= 0.6 is 11.3 Å². The van der Waals surface area contributed by atoms with Crippen LogP contribution < -0.4 is 10.6 Å². The molecule has 1 aromatic heterocycles. The zero-order valence-electron chi connectivity index (χ0n) is 11.7. The van der Waals surface area contributed by atoms with Crippen molar-refractivity contribution in [3.8, 4) is 0 Å². The average molecular weight is 266 g/mol. The number of hydrogen-bond acceptors (Lipinski definition) is 3. The summed E-state index contributed by atoms with van der Waals surface area (Å²) in [6, 6.07) is 4.40. The third kappa shape index (κ3) is 4.08. The summed E-state index contributed by atoms with van der Waals surface area (Å²) >= 11 is 1.87. The molecule has 18 heavy (non-hydrogen) atoms. The van der Waals surface area contributed by atoms with E-state index >= 15 is 0 Å².